The van der Waals surface area contributed by atoms with Gasteiger partial charge in [0.05, 0.1) is 122 Å². The fourth-order valence-corrected chi connectivity index (χ4v) is 18.3. The number of nitrogens with one attached hydrogen (secondary N) is 1. The molecule has 6 N–H and O–H groups in total. The maximum absolute atomic E-state index is 14.6. The van der Waals surface area contributed by atoms with Crippen LogP contribution in [0.2, 0.25) is 0 Å². The normalized spacial score (nSPS) is 14.7. The number of carbonyl (C=O) groups is 1. The number of sulfonamides is 1. The Morgan fingerprint density at radius 3 is 2.08 bits per heavy atom. The molecule has 1 amide bonds. The highest BCUT2D eigenvalue weighted by molar-refractivity contribution is 7.92. The second-order valence-corrected chi connectivity index (χ2v) is 34.9. The summed E-state index contributed by atoms with van der Waals surface area (Å²) in [6, 6.07) is 51.5. The van der Waals surface area contributed by atoms with Crippen molar-refractivity contribution in [3.05, 3.63) is 259 Å². The summed E-state index contributed by atoms with van der Waals surface area (Å²) in [5.41, 5.74) is 24.6. The molecule has 138 heavy (non-hydrogen) atoms. The lowest BCUT2D eigenvalue weighted by Gasteiger charge is -2.37. The molecule has 2 atom stereocenters. The zero-order chi connectivity index (χ0) is 96.4. The summed E-state index contributed by atoms with van der Waals surface area (Å²) in [6.07, 6.45) is 7.02. The number of fused-ring (bicyclic) bond motifs is 8. The van der Waals surface area contributed by atoms with Gasteiger partial charge in [-0.15, -0.1) is 0 Å². The third kappa shape index (κ3) is 19.0. The van der Waals surface area contributed by atoms with Crippen LogP contribution in [0.4, 0.5) is 56.9 Å². The number of anilines is 6. The second-order valence-electron chi connectivity index (χ2n) is 33.2. The first-order chi connectivity index (χ1) is 66.7. The molecule has 0 saturated carbocycles. The van der Waals surface area contributed by atoms with Crippen LogP contribution in [-0.4, -0.2) is 191 Å². The molecule has 11 aromatic heterocycles. The molecule has 0 aliphatic carbocycles. The lowest BCUT2D eigenvalue weighted by molar-refractivity contribution is -0.137. The number of aliphatic hydroxyl groups excluding tert-OH is 1. The van der Waals surface area contributed by atoms with Crippen molar-refractivity contribution in [2.75, 3.05) is 111 Å². The lowest BCUT2D eigenvalue weighted by atomic mass is 9.99. The van der Waals surface area contributed by atoms with Crippen molar-refractivity contribution in [1.82, 2.24) is 79.3 Å². The monoisotopic (exact) mass is 1890 g/mol. The van der Waals surface area contributed by atoms with Gasteiger partial charge < -0.3 is 59.5 Å². The molecule has 3 aliphatic rings. The number of nitrogen functional groups attached to an aromatic ring is 2. The van der Waals surface area contributed by atoms with Crippen molar-refractivity contribution in [2.24, 2.45) is 0 Å². The van der Waals surface area contributed by atoms with E-state index in [1.165, 1.54) is 42.4 Å². The number of nitrogens with two attached hydrogens (primary N) is 2. The molecule has 3 saturated heterocycles. The molecule has 3 aliphatic heterocycles. The molecule has 0 bridgehead atoms. The van der Waals surface area contributed by atoms with Gasteiger partial charge in [0.1, 0.15) is 57.1 Å². The van der Waals surface area contributed by atoms with E-state index in [4.69, 9.17) is 49.8 Å². The second kappa shape index (κ2) is 39.2. The highest BCUT2D eigenvalue weighted by Gasteiger charge is 2.38. The number of ether oxygens (including phenoxy) is 4. The number of pyridine rings is 6. The van der Waals surface area contributed by atoms with Crippen LogP contribution >= 0.6 is 0 Å². The van der Waals surface area contributed by atoms with E-state index in [-0.39, 0.29) is 72.7 Å². The minimum Gasteiger partial charge on any atom is -0.496 e. The van der Waals surface area contributed by atoms with E-state index in [0.717, 1.165) is 126 Å². The number of rotatable bonds is 17. The number of hydrogen-bond donors (Lipinski definition) is 4. The van der Waals surface area contributed by atoms with Crippen molar-refractivity contribution >= 4 is 128 Å². The average Bonchev–Trinajstić information content (AvgIpc) is 1.03. The van der Waals surface area contributed by atoms with Gasteiger partial charge >= 0.3 is 6.18 Å². The van der Waals surface area contributed by atoms with Crippen LogP contribution in [0.3, 0.4) is 0 Å². The zero-order valence-electron chi connectivity index (χ0n) is 75.7. The Hall–Kier alpha value is -15.9. The smallest absolute Gasteiger partial charge is 0.418 e. The van der Waals surface area contributed by atoms with E-state index in [9.17, 15) is 45.1 Å². The Kier molecular flexibility index (Phi) is 26.3. The number of alkyl halides is 3. The number of benzene rings is 7. The molecule has 0 spiro atoms. The van der Waals surface area contributed by atoms with Crippen LogP contribution in [0.15, 0.2) is 240 Å². The van der Waals surface area contributed by atoms with Gasteiger partial charge in [-0.2, -0.15) is 43.4 Å². The van der Waals surface area contributed by atoms with Gasteiger partial charge in [-0.25, -0.2) is 41.8 Å². The Morgan fingerprint density at radius 1 is 0.623 bits per heavy atom. The summed E-state index contributed by atoms with van der Waals surface area (Å²) in [4.78, 5) is 77.9. The summed E-state index contributed by atoms with van der Waals surface area (Å²) >= 11 is 0. The topological polar surface area (TPSA) is 393 Å². The number of amides is 1. The van der Waals surface area contributed by atoms with E-state index in [0.29, 0.717) is 119 Å². The highest BCUT2D eigenvalue weighted by Crippen LogP contribution is 2.43. The number of carbonyl (C=O) groups excluding carboxylic acids is 1. The van der Waals surface area contributed by atoms with Gasteiger partial charge in [0.15, 0.2) is 16.9 Å². The van der Waals surface area contributed by atoms with Crippen molar-refractivity contribution in [3.8, 4) is 73.2 Å². The fourth-order valence-electron chi connectivity index (χ4n) is 17.2. The number of oxazole rings is 1. The molecule has 3 fully saturated rings. The maximum Gasteiger partial charge on any atom is 0.418 e. The molecule has 38 heteroatoms. The third-order valence-corrected chi connectivity index (χ3v) is 25.5. The van der Waals surface area contributed by atoms with Crippen molar-refractivity contribution in [3.63, 3.8) is 0 Å². The van der Waals surface area contributed by atoms with E-state index in [1.807, 2.05) is 146 Å². The predicted octanol–water partition coefficient (Wildman–Crippen LogP) is 16.7. The number of aromatic nitrogens is 15. The van der Waals surface area contributed by atoms with Gasteiger partial charge in [0, 0.05) is 149 Å². The number of methoxy groups -OCH3 is 2. The molecule has 0 unspecified atom stereocenters. The number of morpholine rings is 2. The molecule has 702 valence electrons. The van der Waals surface area contributed by atoms with E-state index >= 15 is 0 Å². The van der Waals surface area contributed by atoms with Gasteiger partial charge in [0.2, 0.25) is 17.7 Å². The zero-order valence-corrected chi connectivity index (χ0v) is 76.5. The molecule has 18 aromatic rings. The average molecular weight is 1890 g/mol. The van der Waals surface area contributed by atoms with Gasteiger partial charge in [-0.3, -0.25) is 33.8 Å². The SMILES string of the molecule is CC(C)n1nc(-c2ccc3oc(N)nc3c2)c2c(N)ncnc21.CCC(=O)N1CCN(c2ccc(-n3c(=O)ccc4cnc5ccc(-c6cnc7ccccc7c6)cc5c43)cc2C(F)(F)F)CC1.COc1ccc(-c2ccc3c(N4CCOC[C@@H]4C)nc(N4CCOC[C@@H]4C)nc3n2)cc1CO.COc1ncc(-c2ccc3nccc(-c4ccnnc4)c3c2)cc1NS(=O)(=O)c1ccc(F)cc1F. The van der Waals surface area contributed by atoms with E-state index in [2.05, 4.69) is 78.6 Å². The maximum atomic E-state index is 14.6. The van der Waals surface area contributed by atoms with Crippen molar-refractivity contribution in [2.45, 2.75) is 76.8 Å². The Labute approximate surface area is 785 Å². The highest BCUT2D eigenvalue weighted by atomic mass is 32.2. The van der Waals surface area contributed by atoms with Gasteiger partial charge in [-0.1, -0.05) is 37.3 Å². The summed E-state index contributed by atoms with van der Waals surface area (Å²) in [7, 11) is -1.48. The van der Waals surface area contributed by atoms with Gasteiger partial charge in [-0.05, 0) is 184 Å². The number of nitrogens with zero attached hydrogens (tertiary/aromatic N) is 19. The molecule has 14 heterocycles. The summed E-state index contributed by atoms with van der Waals surface area (Å²) < 4.78 is 130. The summed E-state index contributed by atoms with van der Waals surface area (Å²) in [6.45, 7) is 15.4. The van der Waals surface area contributed by atoms with Crippen LogP contribution in [-0.2, 0) is 37.1 Å². The summed E-state index contributed by atoms with van der Waals surface area (Å²) in [5, 5.41) is 26.9. The number of piperazine rings is 1. The predicted molar refractivity (Wildman–Crippen MR) is 517 cm³/mol. The van der Waals surface area contributed by atoms with Crippen molar-refractivity contribution < 1.29 is 63.6 Å². The minimum absolute atomic E-state index is 0.0106. The number of para-hydroxylation sites is 1. The first kappa shape index (κ1) is 92.5. The summed E-state index contributed by atoms with van der Waals surface area (Å²) in [5.74, 6) is 0.477. The number of halogens is 5. The molecular formula is C100H91F5N22O10S. The molecular weight excluding hydrogens is 1800 g/mol. The first-order valence-corrected chi connectivity index (χ1v) is 45.7. The molecule has 21 rings (SSSR count). The Bertz CT molecular complexity index is 7870. The number of aliphatic hydroxyl groups is 1. The lowest BCUT2D eigenvalue weighted by Crippen LogP contribution is -2.49. The Morgan fingerprint density at radius 2 is 1.36 bits per heavy atom. The fraction of sp³-hybridized carbons (Fsp3) is 0.230. The van der Waals surface area contributed by atoms with Gasteiger partial charge in [0.25, 0.3) is 21.6 Å². The molecule has 7 aromatic carbocycles. The third-order valence-electron chi connectivity index (χ3n) is 24.1. The number of hydrogen-bond acceptors (Lipinski definition) is 28. The Balaban J connectivity index is 0.000000125. The largest absolute Gasteiger partial charge is 0.496 e. The minimum atomic E-state index is -4.67. The van der Waals surface area contributed by atoms with Crippen molar-refractivity contribution in [1.29, 1.82) is 0 Å². The standard InChI is InChI=1S/C35H28F3N5O2.C25H17F2N5O3S.C25H31N5O4.C15H15N7O/c1-2-32(44)42-15-13-41(14-16-42)31-11-9-26(19-28(31)35(36,37)38)43-33(45)12-8-24-20-40-30-10-7-22(18-27(30)34(24)43)25-17-23-5-3-4-6-29(23)39-21-25;1-35-25-23(32-36(33,34)24-5-3-18(26)12-21(24)27)11-17(13-29-25)15-2-4-22-20(10-15)19(7-8-28-22)16-6-9-30-31-14-16;1-16-14-33-10-8-29(16)24-20-5-6-21(18-4-7-22(32-3)19(12-18)13-31)26-23(20)27-25(28-24)30-9-11-34-15-17(30)2;1-7(2)22-14-11(13(16)18-6-19-14)12(21-22)8-3-4-10-9(5-8)20-15(17)23-10/h3-12,17-21H,2,13-16H2,1H3;2-14,32H,1H3;4-7,12,16-17,31H,8-11,13-15H2,1-3H3;3-7H,1-2H3,(H2,17,20)(H2,16,18,19)/t;;16-,17-;/m..0./s1. The van der Waals surface area contributed by atoms with Crippen LogP contribution in [0.25, 0.3) is 138 Å². The first-order valence-electron chi connectivity index (χ1n) is 44.2. The van der Waals surface area contributed by atoms with Crippen LogP contribution in [0, 0.1) is 11.6 Å². The quantitative estimate of drug-likeness (QED) is 0.0486. The van der Waals surface area contributed by atoms with Crippen LogP contribution in [0.5, 0.6) is 11.6 Å². The molecule has 32 nitrogen and oxygen atoms in total. The van der Waals surface area contributed by atoms with E-state index < -0.39 is 43.9 Å². The van der Waals surface area contributed by atoms with Crippen LogP contribution < -0.4 is 45.9 Å². The van der Waals surface area contributed by atoms with Crippen LogP contribution in [0.1, 0.15) is 58.2 Å². The molecule has 0 radical (unpaired) electrons. The van der Waals surface area contributed by atoms with E-state index in [1.54, 1.807) is 67.0 Å².